The minimum Gasteiger partial charge on any atom is -0.479 e. The number of carboxylic acid groups (broad SMARTS) is 1. The number of benzene rings is 2. The maximum atomic E-state index is 13.4. The van der Waals surface area contributed by atoms with Crippen LogP contribution in [0.1, 0.15) is 35.6 Å². The molecule has 1 aliphatic rings. The summed E-state index contributed by atoms with van der Waals surface area (Å²) in [5.41, 5.74) is 2.14. The summed E-state index contributed by atoms with van der Waals surface area (Å²) in [6.07, 6.45) is 0.613. The van der Waals surface area contributed by atoms with Crippen molar-refractivity contribution in [1.82, 2.24) is 4.90 Å². The topological polar surface area (TPSA) is 57.6 Å². The number of carbonyl (C=O) groups is 2. The first-order chi connectivity index (χ1) is 11.5. The Hall–Kier alpha value is -2.69. The van der Waals surface area contributed by atoms with Crippen LogP contribution < -0.4 is 0 Å². The lowest BCUT2D eigenvalue weighted by atomic mass is 9.90. The van der Waals surface area contributed by atoms with Gasteiger partial charge >= 0.3 is 5.97 Å². The van der Waals surface area contributed by atoms with E-state index in [-0.39, 0.29) is 5.91 Å². The van der Waals surface area contributed by atoms with Crippen molar-refractivity contribution in [3.05, 3.63) is 71.0 Å². The lowest BCUT2D eigenvalue weighted by Crippen LogP contribution is -2.45. The number of rotatable bonds is 3. The molecular weight excluding hydrogens is 309 g/mol. The molecule has 0 saturated carbocycles. The second-order valence-electron chi connectivity index (χ2n) is 6.00. The summed E-state index contributed by atoms with van der Waals surface area (Å²) in [6.45, 7) is 2.02. The number of hydrogen-bond donors (Lipinski definition) is 1. The number of nitrogens with zero attached hydrogens (tertiary/aromatic N) is 1. The van der Waals surface area contributed by atoms with Crippen LogP contribution in [0.3, 0.4) is 0 Å². The number of amides is 1. The Labute approximate surface area is 139 Å². The van der Waals surface area contributed by atoms with E-state index in [1.54, 1.807) is 31.2 Å². The highest BCUT2D eigenvalue weighted by atomic mass is 19.1. The fraction of sp³-hybridized carbons (Fsp3) is 0.263. The zero-order valence-corrected chi connectivity index (χ0v) is 13.3. The Morgan fingerprint density at radius 3 is 2.67 bits per heavy atom. The smallest absolute Gasteiger partial charge is 0.331 e. The quantitative estimate of drug-likeness (QED) is 0.942. The normalized spacial score (nSPS) is 17.9. The number of halogens is 1. The predicted molar refractivity (Wildman–Crippen MR) is 87.1 cm³/mol. The molecule has 4 nitrogen and oxygen atoms in total. The summed E-state index contributed by atoms with van der Waals surface area (Å²) >= 11 is 0. The van der Waals surface area contributed by atoms with E-state index in [0.717, 1.165) is 5.56 Å². The highest BCUT2D eigenvalue weighted by Gasteiger charge is 2.37. The van der Waals surface area contributed by atoms with Gasteiger partial charge in [0.25, 0.3) is 0 Å². The first-order valence-corrected chi connectivity index (χ1v) is 7.85. The van der Waals surface area contributed by atoms with Crippen molar-refractivity contribution in [2.75, 3.05) is 6.54 Å². The van der Waals surface area contributed by atoms with E-state index in [9.17, 15) is 19.1 Å². The highest BCUT2D eigenvalue weighted by Crippen LogP contribution is 2.32. The van der Waals surface area contributed by atoms with Crippen LogP contribution in [0.4, 0.5) is 4.39 Å². The minimum atomic E-state index is -1.05. The highest BCUT2D eigenvalue weighted by molar-refractivity contribution is 5.89. The Morgan fingerprint density at radius 2 is 1.96 bits per heavy atom. The number of fused-ring (bicyclic) bond motifs is 1. The average molecular weight is 327 g/mol. The summed E-state index contributed by atoms with van der Waals surface area (Å²) < 4.78 is 13.4. The third kappa shape index (κ3) is 2.89. The molecule has 0 fully saturated rings. The van der Waals surface area contributed by atoms with E-state index < -0.39 is 23.7 Å². The van der Waals surface area contributed by atoms with E-state index >= 15 is 0 Å². The van der Waals surface area contributed by atoms with E-state index in [0.29, 0.717) is 24.1 Å². The molecule has 3 rings (SSSR count). The van der Waals surface area contributed by atoms with Gasteiger partial charge in [-0.25, -0.2) is 9.18 Å². The van der Waals surface area contributed by atoms with Crippen LogP contribution >= 0.6 is 0 Å². The molecular formula is C19H18FNO3. The molecule has 2 aromatic rings. The van der Waals surface area contributed by atoms with Crippen molar-refractivity contribution in [3.8, 4) is 0 Å². The van der Waals surface area contributed by atoms with Crippen molar-refractivity contribution in [3.63, 3.8) is 0 Å². The number of hydrogen-bond acceptors (Lipinski definition) is 2. The average Bonchev–Trinajstić information content (AvgIpc) is 2.59. The minimum absolute atomic E-state index is 0.303. The molecule has 1 N–H and O–H groups in total. The molecule has 0 radical (unpaired) electrons. The molecule has 0 spiro atoms. The van der Waals surface area contributed by atoms with Crippen molar-refractivity contribution < 1.29 is 19.1 Å². The SMILES string of the molecule is CC(C(=O)N1CCc2ccccc2C1C(=O)O)c1cccc(F)c1. The van der Waals surface area contributed by atoms with Crippen molar-refractivity contribution in [2.45, 2.75) is 25.3 Å². The third-order valence-electron chi connectivity index (χ3n) is 4.52. The molecule has 1 amide bonds. The standard InChI is InChI=1S/C19H18FNO3/c1-12(14-6-4-7-15(20)11-14)18(22)21-10-9-13-5-2-3-8-16(13)17(21)19(23)24/h2-8,11-12,17H,9-10H2,1H3,(H,23,24). The van der Waals surface area contributed by atoms with Crippen LogP contribution in [0.15, 0.2) is 48.5 Å². The molecule has 1 heterocycles. The van der Waals surface area contributed by atoms with Gasteiger partial charge in [0.2, 0.25) is 5.91 Å². The largest absolute Gasteiger partial charge is 0.479 e. The molecule has 2 unspecified atom stereocenters. The lowest BCUT2D eigenvalue weighted by Gasteiger charge is -2.36. The van der Waals surface area contributed by atoms with Gasteiger partial charge in [-0.15, -0.1) is 0 Å². The maximum absolute atomic E-state index is 13.4. The van der Waals surface area contributed by atoms with Gasteiger partial charge in [0.05, 0.1) is 5.92 Å². The van der Waals surface area contributed by atoms with Crippen LogP contribution in [0.5, 0.6) is 0 Å². The van der Waals surface area contributed by atoms with E-state index in [2.05, 4.69) is 0 Å². The van der Waals surface area contributed by atoms with Gasteiger partial charge in [0, 0.05) is 6.54 Å². The van der Waals surface area contributed by atoms with E-state index in [4.69, 9.17) is 0 Å². The van der Waals surface area contributed by atoms with Gasteiger partial charge in [0.1, 0.15) is 5.82 Å². The van der Waals surface area contributed by atoms with Gasteiger partial charge < -0.3 is 10.0 Å². The van der Waals surface area contributed by atoms with Gasteiger partial charge in [-0.3, -0.25) is 4.79 Å². The summed E-state index contributed by atoms with van der Waals surface area (Å²) in [6, 6.07) is 12.1. The zero-order valence-electron chi connectivity index (χ0n) is 13.3. The molecule has 0 saturated heterocycles. The van der Waals surface area contributed by atoms with Crippen LogP contribution in [0, 0.1) is 5.82 Å². The van der Waals surface area contributed by atoms with Gasteiger partial charge in [-0.2, -0.15) is 0 Å². The third-order valence-corrected chi connectivity index (χ3v) is 4.52. The summed E-state index contributed by atoms with van der Waals surface area (Å²) in [7, 11) is 0. The first kappa shape index (κ1) is 16.2. The molecule has 0 aliphatic carbocycles. The van der Waals surface area contributed by atoms with Crippen LogP contribution in [0.25, 0.3) is 0 Å². The number of aliphatic carboxylic acids is 1. The first-order valence-electron chi connectivity index (χ1n) is 7.85. The molecule has 0 aromatic heterocycles. The van der Waals surface area contributed by atoms with Gasteiger partial charge in [0.15, 0.2) is 6.04 Å². The predicted octanol–water partition coefficient (Wildman–Crippen LogP) is 3.14. The van der Waals surface area contributed by atoms with Crippen LogP contribution in [0.2, 0.25) is 0 Å². The number of carboxylic acids is 1. The molecule has 2 aromatic carbocycles. The second-order valence-corrected chi connectivity index (χ2v) is 6.00. The van der Waals surface area contributed by atoms with E-state index in [1.165, 1.54) is 17.0 Å². The lowest BCUT2D eigenvalue weighted by molar-refractivity contribution is -0.151. The van der Waals surface area contributed by atoms with E-state index in [1.807, 2.05) is 12.1 Å². The Kier molecular flexibility index (Phi) is 4.34. The van der Waals surface area contributed by atoms with Gasteiger partial charge in [-0.05, 0) is 42.2 Å². The molecule has 2 atom stereocenters. The molecule has 1 aliphatic heterocycles. The fourth-order valence-corrected chi connectivity index (χ4v) is 3.24. The zero-order chi connectivity index (χ0) is 17.3. The maximum Gasteiger partial charge on any atom is 0.331 e. The molecule has 5 heteroatoms. The Morgan fingerprint density at radius 1 is 1.21 bits per heavy atom. The Balaban J connectivity index is 1.93. The fourth-order valence-electron chi connectivity index (χ4n) is 3.24. The van der Waals surface area contributed by atoms with Crippen molar-refractivity contribution >= 4 is 11.9 Å². The second kappa shape index (κ2) is 6.43. The van der Waals surface area contributed by atoms with Crippen LogP contribution in [-0.2, 0) is 16.0 Å². The molecule has 124 valence electrons. The summed E-state index contributed by atoms with van der Waals surface area (Å²) in [5, 5.41) is 9.65. The molecule has 0 bridgehead atoms. The van der Waals surface area contributed by atoms with Crippen LogP contribution in [-0.4, -0.2) is 28.4 Å². The monoisotopic (exact) mass is 327 g/mol. The van der Waals surface area contributed by atoms with Crippen molar-refractivity contribution in [2.24, 2.45) is 0 Å². The van der Waals surface area contributed by atoms with Crippen molar-refractivity contribution in [1.29, 1.82) is 0 Å². The Bertz CT molecular complexity index is 790. The molecule has 24 heavy (non-hydrogen) atoms. The summed E-state index contributed by atoms with van der Waals surface area (Å²) in [4.78, 5) is 26.1. The van der Waals surface area contributed by atoms with Gasteiger partial charge in [-0.1, -0.05) is 36.4 Å². The summed E-state index contributed by atoms with van der Waals surface area (Å²) in [5.74, 6) is -2.37. The number of carbonyl (C=O) groups excluding carboxylic acids is 1.